The van der Waals surface area contributed by atoms with Gasteiger partial charge in [-0.25, -0.2) is 19.1 Å². The largest absolute Gasteiger partial charge is 2.00 e. The van der Waals surface area contributed by atoms with Crippen LogP contribution in [0, 0.1) is 19.3 Å². The standard InChI is InChI=1S/C5H11.C4H7.Mg/c1-5(2,3)4;1-3-4-2;/h1H2,2-4H3;3-4H,1H2,2H3;/q2*-1;+2/b;4-3+;. The average molecular weight is 151 g/mol. The number of allylic oxidation sites excluding steroid dienone is 2. The van der Waals surface area contributed by atoms with E-state index < -0.39 is 0 Å². The predicted molar refractivity (Wildman–Crippen MR) is 50.7 cm³/mol. The minimum atomic E-state index is 0. The maximum atomic E-state index is 3.77. The van der Waals surface area contributed by atoms with Gasteiger partial charge in [-0.3, -0.25) is 0 Å². The van der Waals surface area contributed by atoms with Crippen LogP contribution in [0.1, 0.15) is 27.7 Å². The molecule has 0 atom stereocenters. The molecule has 0 aromatic carbocycles. The van der Waals surface area contributed by atoms with Crippen molar-refractivity contribution in [3.05, 3.63) is 26.0 Å². The molecule has 0 amide bonds. The fraction of sp³-hybridized carbons (Fsp3) is 0.556. The fourth-order valence-electron chi connectivity index (χ4n) is 0. The van der Waals surface area contributed by atoms with Crippen LogP contribution in [0.25, 0.3) is 0 Å². The third kappa shape index (κ3) is 241. The summed E-state index contributed by atoms with van der Waals surface area (Å²) >= 11 is 0. The zero-order chi connectivity index (χ0) is 7.91. The summed E-state index contributed by atoms with van der Waals surface area (Å²) in [5.41, 5.74) is 0.250. The maximum Gasteiger partial charge on any atom is 2.00 e. The Morgan fingerprint density at radius 3 is 1.30 bits per heavy atom. The van der Waals surface area contributed by atoms with Crippen LogP contribution in [0.15, 0.2) is 12.2 Å². The maximum absolute atomic E-state index is 3.77. The van der Waals surface area contributed by atoms with Crippen molar-refractivity contribution in [2.75, 3.05) is 0 Å². The molecule has 0 unspecified atom stereocenters. The SMILES string of the molecule is [CH2-]/C=C/C.[CH2-]C(C)(C)C.[Mg+2]. The van der Waals surface area contributed by atoms with Gasteiger partial charge in [0.25, 0.3) is 0 Å². The summed E-state index contributed by atoms with van der Waals surface area (Å²) in [5, 5.41) is 0. The van der Waals surface area contributed by atoms with Crippen molar-refractivity contribution in [1.82, 2.24) is 0 Å². The first-order chi connectivity index (χ1) is 3.91. The van der Waals surface area contributed by atoms with Gasteiger partial charge in [-0.1, -0.05) is 20.8 Å². The number of hydrogen-bond acceptors (Lipinski definition) is 0. The fourth-order valence-corrected chi connectivity index (χ4v) is 0. The van der Waals surface area contributed by atoms with Gasteiger partial charge in [0, 0.05) is 0 Å². The second-order valence-corrected chi connectivity index (χ2v) is 3.13. The zero-order valence-electron chi connectivity index (χ0n) is 7.78. The second-order valence-electron chi connectivity index (χ2n) is 3.13. The quantitative estimate of drug-likeness (QED) is 0.368. The first-order valence-corrected chi connectivity index (χ1v) is 3.17. The second kappa shape index (κ2) is 9.38. The monoisotopic (exact) mass is 150 g/mol. The van der Waals surface area contributed by atoms with E-state index in [2.05, 4.69) is 34.6 Å². The van der Waals surface area contributed by atoms with Crippen LogP contribution in [-0.4, -0.2) is 23.1 Å². The Kier molecular flexibility index (Phi) is 15.7. The molecule has 10 heavy (non-hydrogen) atoms. The molecule has 0 spiro atoms. The summed E-state index contributed by atoms with van der Waals surface area (Å²) in [7, 11) is 0. The number of hydrogen-bond donors (Lipinski definition) is 0. The van der Waals surface area contributed by atoms with Crippen LogP contribution in [-0.2, 0) is 0 Å². The third-order valence-corrected chi connectivity index (χ3v) is 0.236. The van der Waals surface area contributed by atoms with Crippen LogP contribution in [0.5, 0.6) is 0 Å². The van der Waals surface area contributed by atoms with Crippen molar-refractivity contribution in [3.63, 3.8) is 0 Å². The summed E-state index contributed by atoms with van der Waals surface area (Å²) in [6.07, 6.45) is 3.64. The van der Waals surface area contributed by atoms with E-state index >= 15 is 0 Å². The number of rotatable bonds is 0. The summed E-state index contributed by atoms with van der Waals surface area (Å²) in [4.78, 5) is 0. The molecular weight excluding hydrogens is 132 g/mol. The molecule has 0 bridgehead atoms. The Balaban J connectivity index is -0.0000000910. The predicted octanol–water partition coefficient (Wildman–Crippen LogP) is 2.88. The van der Waals surface area contributed by atoms with Crippen molar-refractivity contribution in [3.8, 4) is 0 Å². The van der Waals surface area contributed by atoms with Gasteiger partial charge in [0.2, 0.25) is 0 Å². The molecule has 0 aromatic rings. The van der Waals surface area contributed by atoms with E-state index in [0.29, 0.717) is 0 Å². The zero-order valence-corrected chi connectivity index (χ0v) is 9.19. The first kappa shape index (κ1) is 16.8. The van der Waals surface area contributed by atoms with Crippen molar-refractivity contribution in [2.45, 2.75) is 27.7 Å². The molecule has 0 saturated carbocycles. The van der Waals surface area contributed by atoms with Gasteiger partial charge >= 0.3 is 23.1 Å². The van der Waals surface area contributed by atoms with Gasteiger partial charge < -0.3 is 6.92 Å². The molecule has 0 aromatic heterocycles. The average Bonchev–Trinajstić information content (AvgIpc) is 1.61. The van der Waals surface area contributed by atoms with Gasteiger partial charge in [-0.05, 0) is 0 Å². The summed E-state index contributed by atoms with van der Waals surface area (Å²) < 4.78 is 0. The van der Waals surface area contributed by atoms with Gasteiger partial charge in [0.1, 0.15) is 0 Å². The normalized spacial score (nSPS) is 9.70. The van der Waals surface area contributed by atoms with Crippen LogP contribution in [0.3, 0.4) is 0 Å². The molecule has 0 heterocycles. The Morgan fingerprint density at radius 1 is 1.20 bits per heavy atom. The van der Waals surface area contributed by atoms with E-state index in [1.165, 1.54) is 0 Å². The van der Waals surface area contributed by atoms with Gasteiger partial charge in [-0.15, -0.1) is 6.92 Å². The van der Waals surface area contributed by atoms with E-state index in [9.17, 15) is 0 Å². The first-order valence-electron chi connectivity index (χ1n) is 3.17. The van der Waals surface area contributed by atoms with Gasteiger partial charge in [0.15, 0.2) is 0 Å². The molecule has 0 rings (SSSR count). The Labute approximate surface area is 82.2 Å². The van der Waals surface area contributed by atoms with Crippen LogP contribution < -0.4 is 0 Å². The molecule has 56 valence electrons. The van der Waals surface area contributed by atoms with Crippen molar-refractivity contribution >= 4 is 23.1 Å². The van der Waals surface area contributed by atoms with Crippen molar-refractivity contribution in [2.24, 2.45) is 5.41 Å². The van der Waals surface area contributed by atoms with Crippen LogP contribution >= 0.6 is 0 Å². The third-order valence-electron chi connectivity index (χ3n) is 0.236. The molecule has 0 aliphatic rings. The van der Waals surface area contributed by atoms with E-state index in [4.69, 9.17) is 0 Å². The Bertz CT molecular complexity index is 57.3. The van der Waals surface area contributed by atoms with E-state index in [1.54, 1.807) is 6.08 Å². The Morgan fingerprint density at radius 2 is 1.30 bits per heavy atom. The van der Waals surface area contributed by atoms with E-state index in [1.807, 2.05) is 13.0 Å². The molecule has 0 saturated heterocycles. The molecule has 0 aliphatic carbocycles. The summed E-state index contributed by atoms with van der Waals surface area (Å²) in [6, 6.07) is 0. The molecule has 0 fully saturated rings. The molecule has 1 heteroatoms. The molecule has 0 aliphatic heterocycles. The van der Waals surface area contributed by atoms with Gasteiger partial charge in [0.05, 0.1) is 0 Å². The topological polar surface area (TPSA) is 0 Å². The van der Waals surface area contributed by atoms with E-state index in [-0.39, 0.29) is 28.5 Å². The molecule has 0 radical (unpaired) electrons. The molecule has 0 N–H and O–H groups in total. The van der Waals surface area contributed by atoms with Crippen LogP contribution in [0.2, 0.25) is 0 Å². The minimum Gasteiger partial charge on any atom is -0.338 e. The van der Waals surface area contributed by atoms with Crippen molar-refractivity contribution < 1.29 is 0 Å². The van der Waals surface area contributed by atoms with E-state index in [0.717, 1.165) is 0 Å². The van der Waals surface area contributed by atoms with Crippen molar-refractivity contribution in [1.29, 1.82) is 0 Å². The summed E-state index contributed by atoms with van der Waals surface area (Å²) in [6.45, 7) is 15.4. The van der Waals surface area contributed by atoms with Gasteiger partial charge in [-0.2, -0.15) is 5.41 Å². The summed E-state index contributed by atoms with van der Waals surface area (Å²) in [5.74, 6) is 0. The smallest absolute Gasteiger partial charge is 0.338 e. The Hall–Kier alpha value is 0.376. The minimum absolute atomic E-state index is 0. The van der Waals surface area contributed by atoms with Crippen LogP contribution in [0.4, 0.5) is 0 Å². The molecular formula is C9H18Mg. The molecule has 0 nitrogen and oxygen atoms in total.